The molecule has 7 nitrogen and oxygen atoms in total. The number of guanidine groups is 1. The summed E-state index contributed by atoms with van der Waals surface area (Å²) >= 11 is 0. The zero-order valence-corrected chi connectivity index (χ0v) is 20.2. The van der Waals surface area contributed by atoms with Crippen LogP contribution in [0.1, 0.15) is 20.8 Å². The number of para-hydroxylation sites is 1. The molecule has 1 aromatic rings. The van der Waals surface area contributed by atoms with Crippen molar-refractivity contribution < 1.29 is 17.5 Å². The van der Waals surface area contributed by atoms with Gasteiger partial charge in [0.1, 0.15) is 6.61 Å². The van der Waals surface area contributed by atoms with Gasteiger partial charge in [-0.05, 0) is 19.1 Å². The predicted molar refractivity (Wildman–Crippen MR) is 123 cm³/mol. The minimum atomic E-state index is -3.30. The average molecular weight is 530 g/mol. The van der Waals surface area contributed by atoms with Crippen LogP contribution in [0.3, 0.4) is 0 Å². The Hall–Kier alpha value is -1.14. The highest BCUT2D eigenvalue weighted by Crippen LogP contribution is 2.14. The highest BCUT2D eigenvalue weighted by atomic mass is 127. The number of nitrogens with zero attached hydrogens (tertiary/aromatic N) is 3. The van der Waals surface area contributed by atoms with Gasteiger partial charge in [-0.2, -0.15) is 0 Å². The van der Waals surface area contributed by atoms with E-state index in [1.54, 1.807) is 18.2 Å². The van der Waals surface area contributed by atoms with Crippen LogP contribution in [0.2, 0.25) is 0 Å². The van der Waals surface area contributed by atoms with Crippen molar-refractivity contribution in [2.24, 2.45) is 4.99 Å². The molecule has 0 radical (unpaired) electrons. The maximum absolute atomic E-state index is 13.6. The van der Waals surface area contributed by atoms with Crippen LogP contribution in [0.5, 0.6) is 5.75 Å². The molecular weight excluding hydrogens is 498 g/mol. The molecule has 0 bridgehead atoms. The summed E-state index contributed by atoms with van der Waals surface area (Å²) in [7, 11) is -1.48. The van der Waals surface area contributed by atoms with Crippen LogP contribution in [-0.2, 0) is 10.0 Å². The second-order valence-electron chi connectivity index (χ2n) is 5.84. The molecule has 0 spiro atoms. The second kappa shape index (κ2) is 13.9. The Morgan fingerprint density at radius 1 is 1.21 bits per heavy atom. The van der Waals surface area contributed by atoms with Gasteiger partial charge in [-0.15, -0.1) is 24.0 Å². The fourth-order valence-corrected chi connectivity index (χ4v) is 3.81. The molecule has 0 amide bonds. The number of likely N-dealkylation sites (N-methyl/N-ethyl adjacent to an activating group) is 1. The fourth-order valence-electron chi connectivity index (χ4n) is 2.44. The summed E-state index contributed by atoms with van der Waals surface area (Å²) in [5, 5.41) is 3.12. The number of benzene rings is 1. The van der Waals surface area contributed by atoms with Crippen molar-refractivity contribution in [2.45, 2.75) is 20.8 Å². The minimum Gasteiger partial charge on any atom is -0.489 e. The highest BCUT2D eigenvalue weighted by molar-refractivity contribution is 14.0. The van der Waals surface area contributed by atoms with Gasteiger partial charge in [-0.3, -0.25) is 4.99 Å². The smallest absolute Gasteiger partial charge is 0.215 e. The van der Waals surface area contributed by atoms with E-state index in [0.717, 1.165) is 0 Å². The van der Waals surface area contributed by atoms with E-state index < -0.39 is 15.8 Å². The molecule has 0 fully saturated rings. The lowest BCUT2D eigenvalue weighted by Gasteiger charge is -2.22. The van der Waals surface area contributed by atoms with Gasteiger partial charge in [0, 0.05) is 26.7 Å². The monoisotopic (exact) mass is 530 g/mol. The number of sulfonamides is 1. The van der Waals surface area contributed by atoms with Crippen LogP contribution in [0.15, 0.2) is 29.3 Å². The lowest BCUT2D eigenvalue weighted by atomic mass is 10.3. The number of ether oxygens (including phenoxy) is 1. The fraction of sp³-hybridized carbons (Fsp3) is 0.611. The molecule has 0 aliphatic carbocycles. The molecule has 10 heteroatoms. The van der Waals surface area contributed by atoms with Crippen LogP contribution in [0, 0.1) is 5.82 Å². The number of rotatable bonds is 11. The van der Waals surface area contributed by atoms with E-state index in [-0.39, 0.29) is 48.6 Å². The van der Waals surface area contributed by atoms with Crippen LogP contribution < -0.4 is 10.1 Å². The molecule has 1 N–H and O–H groups in total. The van der Waals surface area contributed by atoms with Gasteiger partial charge in [-0.25, -0.2) is 17.1 Å². The Bertz CT molecular complexity index is 700. The Balaban J connectivity index is 0.00000729. The van der Waals surface area contributed by atoms with Gasteiger partial charge in [0.15, 0.2) is 17.5 Å². The first-order valence-corrected chi connectivity index (χ1v) is 10.8. The van der Waals surface area contributed by atoms with Crippen LogP contribution >= 0.6 is 24.0 Å². The topological polar surface area (TPSA) is 74.2 Å². The Morgan fingerprint density at radius 2 is 1.86 bits per heavy atom. The van der Waals surface area contributed by atoms with Crippen molar-refractivity contribution in [3.63, 3.8) is 0 Å². The zero-order valence-electron chi connectivity index (χ0n) is 17.0. The van der Waals surface area contributed by atoms with Crippen molar-refractivity contribution >= 4 is 40.0 Å². The van der Waals surface area contributed by atoms with E-state index in [1.807, 2.05) is 32.7 Å². The largest absolute Gasteiger partial charge is 0.489 e. The lowest BCUT2D eigenvalue weighted by Crippen LogP contribution is -2.41. The maximum Gasteiger partial charge on any atom is 0.215 e. The zero-order chi connectivity index (χ0) is 20.3. The van der Waals surface area contributed by atoms with Crippen LogP contribution in [-0.4, -0.2) is 75.7 Å². The van der Waals surface area contributed by atoms with E-state index in [2.05, 4.69) is 10.3 Å². The highest BCUT2D eigenvalue weighted by Gasteiger charge is 2.18. The van der Waals surface area contributed by atoms with Crippen LogP contribution in [0.25, 0.3) is 0 Å². The summed E-state index contributed by atoms with van der Waals surface area (Å²) in [6.45, 7) is 8.05. The number of halogens is 2. The number of hydrogen-bond donors (Lipinski definition) is 1. The predicted octanol–water partition coefficient (Wildman–Crippen LogP) is 2.39. The number of hydrogen-bond acceptors (Lipinski definition) is 4. The Labute approximate surface area is 185 Å². The summed E-state index contributed by atoms with van der Waals surface area (Å²) in [6, 6.07) is 6.24. The van der Waals surface area contributed by atoms with Crippen molar-refractivity contribution in [1.29, 1.82) is 0 Å². The van der Waals surface area contributed by atoms with Crippen LogP contribution in [0.4, 0.5) is 4.39 Å². The molecule has 28 heavy (non-hydrogen) atoms. The van der Waals surface area contributed by atoms with Crippen molar-refractivity contribution in [3.8, 4) is 5.75 Å². The first-order valence-electron chi connectivity index (χ1n) is 9.20. The molecule has 0 aliphatic heterocycles. The Kier molecular flexibility index (Phi) is 13.4. The molecule has 0 heterocycles. The van der Waals surface area contributed by atoms with Gasteiger partial charge < -0.3 is 15.0 Å². The van der Waals surface area contributed by atoms with Crippen molar-refractivity contribution in [2.75, 3.05) is 52.1 Å². The summed E-state index contributed by atoms with van der Waals surface area (Å²) in [4.78, 5) is 6.22. The van der Waals surface area contributed by atoms with E-state index in [4.69, 9.17) is 4.74 Å². The molecule has 0 aromatic heterocycles. The van der Waals surface area contributed by atoms with Gasteiger partial charge in [0.05, 0.1) is 18.8 Å². The van der Waals surface area contributed by atoms with Gasteiger partial charge >= 0.3 is 0 Å². The first-order chi connectivity index (χ1) is 12.9. The number of nitrogens with one attached hydrogen (secondary N) is 1. The van der Waals surface area contributed by atoms with Gasteiger partial charge in [0.25, 0.3) is 0 Å². The minimum absolute atomic E-state index is 0. The first kappa shape index (κ1) is 26.9. The summed E-state index contributed by atoms with van der Waals surface area (Å²) in [6.07, 6.45) is 0. The summed E-state index contributed by atoms with van der Waals surface area (Å²) in [5.74, 6) is 0.355. The molecule has 0 saturated carbocycles. The molecule has 162 valence electrons. The number of aliphatic imine (C=N–C) groups is 1. The summed E-state index contributed by atoms with van der Waals surface area (Å²) < 4.78 is 44.9. The van der Waals surface area contributed by atoms with E-state index in [0.29, 0.717) is 32.1 Å². The van der Waals surface area contributed by atoms with E-state index in [1.165, 1.54) is 10.4 Å². The third-order valence-corrected chi connectivity index (χ3v) is 5.93. The third-order valence-electron chi connectivity index (χ3n) is 3.93. The van der Waals surface area contributed by atoms with Crippen molar-refractivity contribution in [3.05, 3.63) is 30.1 Å². The molecular formula is C18H32FIN4O3S. The Morgan fingerprint density at radius 3 is 2.43 bits per heavy atom. The SMILES string of the molecule is CCNC(=NCCS(=O)(=O)N(CC)CC)N(C)CCOc1ccccc1F.I. The molecule has 1 rings (SSSR count). The normalized spacial score (nSPS) is 11.9. The average Bonchev–Trinajstić information content (AvgIpc) is 2.63. The summed E-state index contributed by atoms with van der Waals surface area (Å²) in [5.41, 5.74) is 0. The molecule has 0 aliphatic rings. The standard InChI is InChI=1S/C18H31FN4O3S.HI/c1-5-20-18(21-12-15-27(24,25)23(6-2)7-3)22(4)13-14-26-17-11-9-8-10-16(17)19;/h8-11H,5-7,12-15H2,1-4H3,(H,20,21);1H. The third kappa shape index (κ3) is 8.91. The quantitative estimate of drug-likeness (QED) is 0.270. The van der Waals surface area contributed by atoms with Crippen molar-refractivity contribution in [1.82, 2.24) is 14.5 Å². The molecule has 0 atom stereocenters. The molecule has 0 saturated heterocycles. The molecule has 1 aromatic carbocycles. The van der Waals surface area contributed by atoms with Gasteiger partial charge in [0.2, 0.25) is 10.0 Å². The maximum atomic E-state index is 13.6. The second-order valence-corrected chi connectivity index (χ2v) is 7.92. The van der Waals surface area contributed by atoms with Gasteiger partial charge in [-0.1, -0.05) is 26.0 Å². The lowest BCUT2D eigenvalue weighted by molar-refractivity contribution is 0.270. The molecule has 0 unspecified atom stereocenters. The van der Waals surface area contributed by atoms with E-state index in [9.17, 15) is 12.8 Å². The van der Waals surface area contributed by atoms with E-state index >= 15 is 0 Å².